The zero-order valence-electron chi connectivity index (χ0n) is 16.7. The maximum Gasteiger partial charge on any atom is 0.325 e. The first kappa shape index (κ1) is 19.6. The molecule has 4 amide bonds. The second kappa shape index (κ2) is 8.37. The zero-order chi connectivity index (χ0) is 21.1. The van der Waals surface area contributed by atoms with Gasteiger partial charge in [0.05, 0.1) is 6.04 Å². The number of amides is 4. The summed E-state index contributed by atoms with van der Waals surface area (Å²) in [6, 6.07) is 22.1. The van der Waals surface area contributed by atoms with Gasteiger partial charge in [0.15, 0.2) is 0 Å². The molecule has 152 valence electrons. The lowest BCUT2D eigenvalue weighted by Gasteiger charge is -2.18. The number of rotatable bonds is 6. The first-order valence-electron chi connectivity index (χ1n) is 9.95. The number of benzene rings is 3. The number of fused-ring (bicyclic) bond motifs is 1. The third kappa shape index (κ3) is 4.17. The molecule has 6 nitrogen and oxygen atoms in total. The molecule has 6 heteroatoms. The molecule has 1 saturated heterocycles. The molecule has 1 heterocycles. The van der Waals surface area contributed by atoms with Crippen molar-refractivity contribution in [1.82, 2.24) is 15.5 Å². The lowest BCUT2D eigenvalue weighted by molar-refractivity contribution is -0.132. The zero-order valence-corrected chi connectivity index (χ0v) is 16.7. The summed E-state index contributed by atoms with van der Waals surface area (Å²) in [5.74, 6) is -0.753. The van der Waals surface area contributed by atoms with Gasteiger partial charge < -0.3 is 10.6 Å². The Labute approximate surface area is 174 Å². The van der Waals surface area contributed by atoms with E-state index in [2.05, 4.69) is 10.6 Å². The van der Waals surface area contributed by atoms with Crippen LogP contribution in [0.4, 0.5) is 4.79 Å². The fourth-order valence-electron chi connectivity index (χ4n) is 3.71. The van der Waals surface area contributed by atoms with E-state index in [9.17, 15) is 14.4 Å². The van der Waals surface area contributed by atoms with Crippen LogP contribution in [0, 0.1) is 0 Å². The molecule has 1 aliphatic heterocycles. The molecule has 30 heavy (non-hydrogen) atoms. The fourth-order valence-corrected chi connectivity index (χ4v) is 3.71. The molecular formula is C24H23N3O3. The first-order chi connectivity index (χ1) is 14.5. The van der Waals surface area contributed by atoms with E-state index in [0.29, 0.717) is 6.42 Å². The highest BCUT2D eigenvalue weighted by Crippen LogP contribution is 2.20. The van der Waals surface area contributed by atoms with Crippen LogP contribution in [-0.2, 0) is 16.0 Å². The summed E-state index contributed by atoms with van der Waals surface area (Å²) >= 11 is 0. The molecule has 1 fully saturated rings. The van der Waals surface area contributed by atoms with Crippen LogP contribution in [-0.4, -0.2) is 35.3 Å². The van der Waals surface area contributed by atoms with Gasteiger partial charge in [0, 0.05) is 6.42 Å². The molecule has 0 radical (unpaired) electrons. The van der Waals surface area contributed by atoms with Gasteiger partial charge in [0.1, 0.15) is 12.6 Å². The number of urea groups is 1. The van der Waals surface area contributed by atoms with Crippen molar-refractivity contribution in [2.75, 3.05) is 6.54 Å². The van der Waals surface area contributed by atoms with Gasteiger partial charge in [0.25, 0.3) is 5.91 Å². The number of hydrogen-bond donors (Lipinski definition) is 2. The Balaban J connectivity index is 1.38. The van der Waals surface area contributed by atoms with Crippen LogP contribution in [0.25, 0.3) is 10.8 Å². The normalized spacial score (nSPS) is 17.1. The average Bonchev–Trinajstić information content (AvgIpc) is 3.01. The summed E-state index contributed by atoms with van der Waals surface area (Å²) < 4.78 is 0. The highest BCUT2D eigenvalue weighted by molar-refractivity contribution is 6.06. The number of hydrogen-bond acceptors (Lipinski definition) is 3. The van der Waals surface area contributed by atoms with Crippen LogP contribution in [0.1, 0.15) is 24.1 Å². The minimum absolute atomic E-state index is 0.247. The molecule has 4 rings (SSSR count). The lowest BCUT2D eigenvalue weighted by Crippen LogP contribution is -2.42. The summed E-state index contributed by atoms with van der Waals surface area (Å²) in [6.07, 6.45) is 0.400. The van der Waals surface area contributed by atoms with Crippen molar-refractivity contribution < 1.29 is 14.4 Å². The van der Waals surface area contributed by atoms with Gasteiger partial charge in [-0.25, -0.2) is 4.79 Å². The molecule has 0 spiro atoms. The van der Waals surface area contributed by atoms with Crippen molar-refractivity contribution in [1.29, 1.82) is 0 Å². The summed E-state index contributed by atoms with van der Waals surface area (Å²) in [5.41, 5.74) is 1.91. The van der Waals surface area contributed by atoms with Crippen molar-refractivity contribution in [2.45, 2.75) is 25.4 Å². The first-order valence-corrected chi connectivity index (χ1v) is 9.95. The summed E-state index contributed by atoms with van der Waals surface area (Å²) in [4.78, 5) is 38.4. The van der Waals surface area contributed by atoms with E-state index in [1.54, 1.807) is 0 Å². The molecule has 2 atom stereocenters. The van der Waals surface area contributed by atoms with Crippen LogP contribution >= 0.6 is 0 Å². The lowest BCUT2D eigenvalue weighted by atomic mass is 10.0. The highest BCUT2D eigenvalue weighted by Gasteiger charge is 2.38. The van der Waals surface area contributed by atoms with Crippen molar-refractivity contribution in [3.8, 4) is 0 Å². The maximum atomic E-state index is 12.6. The molecule has 3 aromatic carbocycles. The summed E-state index contributed by atoms with van der Waals surface area (Å²) in [6.45, 7) is 1.58. The number of imide groups is 1. The van der Waals surface area contributed by atoms with Crippen LogP contribution < -0.4 is 10.6 Å². The van der Waals surface area contributed by atoms with Crippen molar-refractivity contribution in [3.63, 3.8) is 0 Å². The van der Waals surface area contributed by atoms with Gasteiger partial charge >= 0.3 is 6.03 Å². The van der Waals surface area contributed by atoms with E-state index in [4.69, 9.17) is 0 Å². The molecule has 1 aliphatic rings. The smallest absolute Gasteiger partial charge is 0.325 e. The Morgan fingerprint density at radius 1 is 1.00 bits per heavy atom. The Morgan fingerprint density at radius 2 is 1.70 bits per heavy atom. The Kier molecular flexibility index (Phi) is 5.48. The highest BCUT2D eigenvalue weighted by atomic mass is 16.2. The molecule has 2 unspecified atom stereocenters. The van der Waals surface area contributed by atoms with Gasteiger partial charge in [-0.3, -0.25) is 14.5 Å². The van der Waals surface area contributed by atoms with E-state index in [1.807, 2.05) is 79.7 Å². The molecule has 2 N–H and O–H groups in total. The molecule has 0 aliphatic carbocycles. The van der Waals surface area contributed by atoms with E-state index >= 15 is 0 Å². The number of nitrogens with one attached hydrogen (secondary N) is 2. The van der Waals surface area contributed by atoms with Gasteiger partial charge in [0.2, 0.25) is 5.91 Å². The number of nitrogens with zero attached hydrogens (tertiary/aromatic N) is 1. The molecule has 0 aromatic heterocycles. The molecule has 0 saturated carbocycles. The third-order valence-corrected chi connectivity index (χ3v) is 5.34. The second-order valence-electron chi connectivity index (χ2n) is 7.51. The quantitative estimate of drug-likeness (QED) is 0.623. The van der Waals surface area contributed by atoms with Crippen LogP contribution in [0.15, 0.2) is 72.8 Å². The monoisotopic (exact) mass is 401 g/mol. The van der Waals surface area contributed by atoms with E-state index in [1.165, 1.54) is 0 Å². The minimum Gasteiger partial charge on any atom is -0.348 e. The van der Waals surface area contributed by atoms with Crippen molar-refractivity contribution in [2.24, 2.45) is 0 Å². The largest absolute Gasteiger partial charge is 0.348 e. The SMILES string of the molecule is CC(NC(=O)CN1C(=O)NC(Cc2ccccc2)C1=O)c1ccc2ccccc2c1. The van der Waals surface area contributed by atoms with Crippen LogP contribution in [0.5, 0.6) is 0 Å². The topological polar surface area (TPSA) is 78.5 Å². The maximum absolute atomic E-state index is 12.6. The fraction of sp³-hybridized carbons (Fsp3) is 0.208. The Hall–Kier alpha value is -3.67. The summed E-state index contributed by atoms with van der Waals surface area (Å²) in [7, 11) is 0. The van der Waals surface area contributed by atoms with E-state index < -0.39 is 12.1 Å². The minimum atomic E-state index is -0.648. The predicted molar refractivity (Wildman–Crippen MR) is 115 cm³/mol. The van der Waals surface area contributed by atoms with Gasteiger partial charge in [-0.1, -0.05) is 66.7 Å². The summed E-state index contributed by atoms with van der Waals surface area (Å²) in [5, 5.41) is 7.77. The van der Waals surface area contributed by atoms with Crippen molar-refractivity contribution in [3.05, 3.63) is 83.9 Å². The van der Waals surface area contributed by atoms with Gasteiger partial charge in [-0.2, -0.15) is 0 Å². The van der Waals surface area contributed by atoms with Gasteiger partial charge in [-0.15, -0.1) is 0 Å². The Morgan fingerprint density at radius 3 is 2.47 bits per heavy atom. The van der Waals surface area contributed by atoms with Crippen molar-refractivity contribution >= 4 is 28.6 Å². The van der Waals surface area contributed by atoms with Crippen LogP contribution in [0.2, 0.25) is 0 Å². The third-order valence-electron chi connectivity index (χ3n) is 5.34. The Bertz CT molecular complexity index is 1100. The van der Waals surface area contributed by atoms with E-state index in [0.717, 1.165) is 26.8 Å². The molecule has 3 aromatic rings. The predicted octanol–water partition coefficient (Wildman–Crippen LogP) is 3.18. The number of carbonyl (C=O) groups is 3. The average molecular weight is 401 g/mol. The van der Waals surface area contributed by atoms with Gasteiger partial charge in [-0.05, 0) is 34.9 Å². The molecular weight excluding hydrogens is 378 g/mol. The number of carbonyl (C=O) groups excluding carboxylic acids is 3. The standard InChI is InChI=1S/C24H23N3O3/c1-16(19-12-11-18-9-5-6-10-20(18)14-19)25-22(28)15-27-23(29)21(26-24(27)30)13-17-7-3-2-4-8-17/h2-12,14,16,21H,13,15H2,1H3,(H,25,28)(H,26,30). The van der Waals surface area contributed by atoms with Crippen LogP contribution in [0.3, 0.4) is 0 Å². The van der Waals surface area contributed by atoms with E-state index in [-0.39, 0.29) is 24.4 Å². The second-order valence-corrected chi connectivity index (χ2v) is 7.51. The molecule has 0 bridgehead atoms.